The maximum absolute atomic E-state index is 13.2. The number of amides is 1. The molecule has 1 aliphatic rings. The summed E-state index contributed by atoms with van der Waals surface area (Å²) < 4.78 is 62.6. The first-order valence-corrected chi connectivity index (χ1v) is 13.6. The van der Waals surface area contributed by atoms with Crippen LogP contribution in [0.1, 0.15) is 21.8 Å². The van der Waals surface area contributed by atoms with Gasteiger partial charge < -0.3 is 19.1 Å². The Morgan fingerprint density at radius 2 is 1.83 bits per heavy atom. The third-order valence-corrected chi connectivity index (χ3v) is 8.32. The Labute approximate surface area is 215 Å². The van der Waals surface area contributed by atoms with E-state index in [4.69, 9.17) is 20.9 Å². The van der Waals surface area contributed by atoms with Crippen molar-refractivity contribution in [3.63, 3.8) is 0 Å². The summed E-state index contributed by atoms with van der Waals surface area (Å²) in [5.74, 6) is -0.409. The molecule has 1 amide bonds. The van der Waals surface area contributed by atoms with E-state index in [9.17, 15) is 22.0 Å². The predicted octanol–water partition coefficient (Wildman–Crippen LogP) is 3.15. The highest BCUT2D eigenvalue weighted by Gasteiger charge is 2.27. The van der Waals surface area contributed by atoms with Gasteiger partial charge in [0, 0.05) is 23.8 Å². The molecule has 2 aromatic carbocycles. The fourth-order valence-electron chi connectivity index (χ4n) is 3.76. The minimum Gasteiger partial charge on any atom is -0.755 e. The van der Waals surface area contributed by atoms with Crippen LogP contribution in [0.5, 0.6) is 0 Å². The molecule has 36 heavy (non-hydrogen) atoms. The zero-order valence-electron chi connectivity index (χ0n) is 19.3. The summed E-state index contributed by atoms with van der Waals surface area (Å²) in [6.07, 6.45) is 0. The summed E-state index contributed by atoms with van der Waals surface area (Å²) in [5, 5.41) is 6.66. The van der Waals surface area contributed by atoms with Gasteiger partial charge in [-0.1, -0.05) is 16.8 Å². The molecule has 0 saturated carbocycles. The van der Waals surface area contributed by atoms with Crippen LogP contribution in [0.4, 0.5) is 17.1 Å². The van der Waals surface area contributed by atoms with Crippen molar-refractivity contribution in [2.75, 3.05) is 35.9 Å². The van der Waals surface area contributed by atoms with Crippen molar-refractivity contribution in [2.45, 2.75) is 18.7 Å². The number of ether oxygens (including phenoxy) is 1. The van der Waals surface area contributed by atoms with Crippen molar-refractivity contribution in [1.29, 1.82) is 0 Å². The number of nitrogens with one attached hydrogen (secondary N) is 1. The molecular weight excluding hydrogens is 532 g/mol. The summed E-state index contributed by atoms with van der Waals surface area (Å²) in [4.78, 5) is 13.3. The predicted molar refractivity (Wildman–Crippen MR) is 132 cm³/mol. The number of halogens is 1. The Bertz CT molecular complexity index is 1380. The van der Waals surface area contributed by atoms with E-state index in [1.807, 2.05) is 0 Å². The second kappa shape index (κ2) is 10.7. The lowest BCUT2D eigenvalue weighted by molar-refractivity contribution is 0.0730. The number of carbonyl (C=O) groups excluding carboxylic acids is 1. The summed E-state index contributed by atoms with van der Waals surface area (Å²) in [7, 11) is -3.69. The Balaban J connectivity index is 1.62. The monoisotopic (exact) mass is 553 g/mol. The number of aromatic nitrogens is 1. The summed E-state index contributed by atoms with van der Waals surface area (Å²) in [5.41, 5.74) is 0.800. The number of sulfonamides is 1. The molecule has 1 aromatic heterocycles. The van der Waals surface area contributed by atoms with Gasteiger partial charge in [-0.25, -0.2) is 8.42 Å². The van der Waals surface area contributed by atoms with Crippen molar-refractivity contribution >= 4 is 55.9 Å². The molecular formula is C22H22ClN4O7S2-. The largest absolute Gasteiger partial charge is 0.755 e. The van der Waals surface area contributed by atoms with E-state index in [-0.39, 0.29) is 45.7 Å². The van der Waals surface area contributed by atoms with E-state index in [0.717, 1.165) is 4.31 Å². The van der Waals surface area contributed by atoms with E-state index in [2.05, 4.69) is 10.5 Å². The van der Waals surface area contributed by atoms with Crippen LogP contribution in [0.3, 0.4) is 0 Å². The third-order valence-electron chi connectivity index (χ3n) is 5.49. The summed E-state index contributed by atoms with van der Waals surface area (Å²) >= 11 is 3.30. The molecule has 0 aliphatic carbocycles. The molecule has 11 nitrogen and oxygen atoms in total. The van der Waals surface area contributed by atoms with Crippen LogP contribution in [-0.4, -0.2) is 58.9 Å². The Morgan fingerprint density at radius 1 is 1.17 bits per heavy atom. The molecule has 1 unspecified atom stereocenters. The molecule has 1 fully saturated rings. The average Bonchev–Trinajstić information content (AvgIpc) is 3.18. The van der Waals surface area contributed by atoms with Crippen LogP contribution >= 0.6 is 11.6 Å². The molecule has 3 aromatic rings. The van der Waals surface area contributed by atoms with Gasteiger partial charge in [0.1, 0.15) is 11.4 Å². The molecule has 192 valence electrons. The van der Waals surface area contributed by atoms with Gasteiger partial charge in [-0.2, -0.15) is 4.31 Å². The van der Waals surface area contributed by atoms with Crippen LogP contribution in [0.25, 0.3) is 0 Å². The number of carbonyl (C=O) groups is 1. The van der Waals surface area contributed by atoms with E-state index in [1.54, 1.807) is 13.8 Å². The van der Waals surface area contributed by atoms with Gasteiger partial charge in [0.05, 0.1) is 40.6 Å². The minimum absolute atomic E-state index is 0.0308. The van der Waals surface area contributed by atoms with Crippen molar-refractivity contribution in [1.82, 2.24) is 9.46 Å². The number of rotatable bonds is 7. The van der Waals surface area contributed by atoms with Gasteiger partial charge >= 0.3 is 0 Å². The molecule has 1 aliphatic heterocycles. The van der Waals surface area contributed by atoms with E-state index >= 15 is 0 Å². The molecule has 2 heterocycles. The lowest BCUT2D eigenvalue weighted by atomic mass is 10.1. The number of benzene rings is 2. The van der Waals surface area contributed by atoms with E-state index < -0.39 is 27.2 Å². The zero-order valence-corrected chi connectivity index (χ0v) is 21.7. The summed E-state index contributed by atoms with van der Waals surface area (Å²) in [6, 6.07) is 9.88. The molecule has 1 saturated heterocycles. The highest BCUT2D eigenvalue weighted by atomic mass is 35.5. The normalized spacial score (nSPS) is 15.4. The molecule has 14 heteroatoms. The van der Waals surface area contributed by atoms with E-state index in [1.165, 1.54) is 46.8 Å². The number of nitrogens with zero attached hydrogens (tertiary/aromatic N) is 3. The van der Waals surface area contributed by atoms with Crippen LogP contribution in [-0.2, 0) is 26.0 Å². The first kappa shape index (κ1) is 26.3. The molecule has 0 radical (unpaired) electrons. The number of hydrogen-bond acceptors (Lipinski definition) is 8. The van der Waals surface area contributed by atoms with Gasteiger partial charge in [-0.05, 0) is 56.3 Å². The fourth-order valence-corrected chi connectivity index (χ4v) is 6.06. The Morgan fingerprint density at radius 3 is 2.42 bits per heavy atom. The minimum atomic E-state index is -3.69. The third kappa shape index (κ3) is 5.31. The highest BCUT2D eigenvalue weighted by Crippen LogP contribution is 2.36. The number of morpholine rings is 1. The SMILES string of the molecule is Cc1noc(C)c1N(c1ccc(Cl)cc1C(=O)Nc1ccc(S(=O)(=O)N2CCOCC2)cc1)S(=O)[O-]. The average molecular weight is 554 g/mol. The van der Waals surface area contributed by atoms with Crippen LogP contribution in [0, 0.1) is 13.8 Å². The smallest absolute Gasteiger partial charge is 0.257 e. The second-order valence-corrected chi connectivity index (χ2v) is 11.0. The molecule has 1 atom stereocenters. The summed E-state index contributed by atoms with van der Waals surface area (Å²) in [6.45, 7) is 4.32. The Hall–Kier alpha value is -2.81. The second-order valence-electron chi connectivity index (χ2n) is 7.84. The van der Waals surface area contributed by atoms with Gasteiger partial charge in [0.15, 0.2) is 5.76 Å². The quantitative estimate of drug-likeness (QED) is 0.439. The first-order valence-electron chi connectivity index (χ1n) is 10.7. The topological polar surface area (TPSA) is 145 Å². The Kier molecular flexibility index (Phi) is 7.78. The number of anilines is 3. The first-order chi connectivity index (χ1) is 17.1. The standard InChI is InChI=1S/C22H23ClN4O7S2/c1-14-21(15(2)34-25-14)27(35(29)30)20-8-3-16(23)13-19(20)22(28)24-17-4-6-18(7-5-17)36(31,32)26-9-11-33-12-10-26/h3-8,13H,9-12H2,1-2H3,(H,24,28)(H,29,30)/p-1. The maximum Gasteiger partial charge on any atom is 0.257 e. The van der Waals surface area contributed by atoms with Crippen molar-refractivity contribution in [3.05, 3.63) is 64.5 Å². The van der Waals surface area contributed by atoms with Gasteiger partial charge in [-0.15, -0.1) is 0 Å². The zero-order chi connectivity index (χ0) is 26.0. The number of aryl methyl sites for hydroxylation is 2. The molecule has 0 spiro atoms. The lowest BCUT2D eigenvalue weighted by Gasteiger charge is -2.28. The van der Waals surface area contributed by atoms with Crippen molar-refractivity contribution < 1.29 is 31.2 Å². The van der Waals surface area contributed by atoms with Gasteiger partial charge in [0.25, 0.3) is 5.91 Å². The van der Waals surface area contributed by atoms with Gasteiger partial charge in [-0.3, -0.25) is 13.3 Å². The highest BCUT2D eigenvalue weighted by molar-refractivity contribution is 7.89. The van der Waals surface area contributed by atoms with Crippen molar-refractivity contribution in [3.8, 4) is 0 Å². The van der Waals surface area contributed by atoms with Crippen LogP contribution < -0.4 is 9.62 Å². The van der Waals surface area contributed by atoms with Gasteiger partial charge in [0.2, 0.25) is 10.0 Å². The lowest BCUT2D eigenvalue weighted by Crippen LogP contribution is -2.40. The maximum atomic E-state index is 13.2. The molecule has 4 rings (SSSR count). The van der Waals surface area contributed by atoms with Crippen molar-refractivity contribution in [2.24, 2.45) is 0 Å². The fraction of sp³-hybridized carbons (Fsp3) is 0.273. The number of hydrogen-bond donors (Lipinski definition) is 1. The van der Waals surface area contributed by atoms with E-state index in [0.29, 0.717) is 24.6 Å². The van der Waals surface area contributed by atoms with Crippen LogP contribution in [0.15, 0.2) is 51.9 Å². The molecule has 1 N–H and O–H groups in total. The molecule has 0 bridgehead atoms. The van der Waals surface area contributed by atoms with Crippen LogP contribution in [0.2, 0.25) is 5.02 Å².